The molecule has 1 fully saturated rings. The first-order chi connectivity index (χ1) is 9.67. The SMILES string of the molecule is Cc1cccc(NC(=O)C2CCC3(CC=NN3)CC2)c1. The fourth-order valence-electron chi connectivity index (χ4n) is 3.16. The normalized spacial score (nSPS) is 28.4. The number of carbonyl (C=O) groups excluding carboxylic acids is 1. The van der Waals surface area contributed by atoms with Crippen LogP contribution in [0.4, 0.5) is 5.69 Å². The van der Waals surface area contributed by atoms with Crippen molar-refractivity contribution in [2.75, 3.05) is 5.32 Å². The van der Waals surface area contributed by atoms with Gasteiger partial charge in [-0.3, -0.25) is 4.79 Å². The topological polar surface area (TPSA) is 53.5 Å². The molecule has 0 atom stereocenters. The number of anilines is 1. The molecule has 1 spiro atoms. The Kier molecular flexibility index (Phi) is 3.47. The van der Waals surface area contributed by atoms with Crippen LogP contribution in [0.15, 0.2) is 29.4 Å². The third-order valence-corrected chi connectivity index (χ3v) is 4.47. The molecule has 0 unspecified atom stereocenters. The predicted octanol–water partition coefficient (Wildman–Crippen LogP) is 2.84. The third-order valence-electron chi connectivity index (χ3n) is 4.47. The number of hydrogen-bond acceptors (Lipinski definition) is 3. The van der Waals surface area contributed by atoms with Gasteiger partial charge in [0.2, 0.25) is 5.91 Å². The molecule has 3 rings (SSSR count). The van der Waals surface area contributed by atoms with Crippen molar-refractivity contribution in [2.24, 2.45) is 11.0 Å². The van der Waals surface area contributed by atoms with Crippen LogP contribution in [0.1, 0.15) is 37.7 Å². The summed E-state index contributed by atoms with van der Waals surface area (Å²) in [4.78, 5) is 12.3. The van der Waals surface area contributed by atoms with Gasteiger partial charge in [-0.15, -0.1) is 0 Å². The fourth-order valence-corrected chi connectivity index (χ4v) is 3.16. The Morgan fingerprint density at radius 2 is 2.20 bits per heavy atom. The summed E-state index contributed by atoms with van der Waals surface area (Å²) >= 11 is 0. The largest absolute Gasteiger partial charge is 0.326 e. The van der Waals surface area contributed by atoms with Gasteiger partial charge >= 0.3 is 0 Å². The lowest BCUT2D eigenvalue weighted by molar-refractivity contribution is -0.121. The number of hydrogen-bond donors (Lipinski definition) is 2. The molecule has 1 saturated carbocycles. The summed E-state index contributed by atoms with van der Waals surface area (Å²) in [5, 5.41) is 7.17. The van der Waals surface area contributed by atoms with Crippen LogP contribution in [0.3, 0.4) is 0 Å². The second kappa shape index (κ2) is 5.27. The third kappa shape index (κ3) is 2.69. The molecule has 1 amide bonds. The van der Waals surface area contributed by atoms with Crippen LogP contribution in [0.5, 0.6) is 0 Å². The van der Waals surface area contributed by atoms with Crippen molar-refractivity contribution in [1.29, 1.82) is 0 Å². The van der Waals surface area contributed by atoms with Gasteiger partial charge in [-0.25, -0.2) is 0 Å². The number of hydrazone groups is 1. The lowest BCUT2D eigenvalue weighted by atomic mass is 9.75. The molecular formula is C16H21N3O. The summed E-state index contributed by atoms with van der Waals surface area (Å²) in [6, 6.07) is 7.96. The van der Waals surface area contributed by atoms with E-state index in [2.05, 4.69) is 15.8 Å². The van der Waals surface area contributed by atoms with E-state index in [1.807, 2.05) is 37.4 Å². The molecule has 2 N–H and O–H groups in total. The summed E-state index contributed by atoms with van der Waals surface area (Å²) in [5.74, 6) is 0.285. The molecule has 4 nitrogen and oxygen atoms in total. The highest BCUT2D eigenvalue weighted by molar-refractivity contribution is 5.92. The van der Waals surface area contributed by atoms with Crippen LogP contribution >= 0.6 is 0 Å². The van der Waals surface area contributed by atoms with Crippen LogP contribution in [0.2, 0.25) is 0 Å². The van der Waals surface area contributed by atoms with Gasteiger partial charge in [0.15, 0.2) is 0 Å². The van der Waals surface area contributed by atoms with Gasteiger partial charge in [-0.05, 0) is 50.3 Å². The Bertz CT molecular complexity index is 520. The first-order valence-electron chi connectivity index (χ1n) is 7.33. The maximum absolute atomic E-state index is 12.3. The lowest BCUT2D eigenvalue weighted by Crippen LogP contribution is -2.44. The minimum Gasteiger partial charge on any atom is -0.326 e. The fraction of sp³-hybridized carbons (Fsp3) is 0.500. The highest BCUT2D eigenvalue weighted by Crippen LogP contribution is 2.36. The zero-order chi connectivity index (χ0) is 14.0. The Hall–Kier alpha value is -1.84. The van der Waals surface area contributed by atoms with Gasteiger partial charge in [-0.2, -0.15) is 5.10 Å². The molecule has 1 heterocycles. The minimum absolute atomic E-state index is 0.128. The van der Waals surface area contributed by atoms with Crippen LogP contribution < -0.4 is 10.7 Å². The van der Waals surface area contributed by atoms with Crippen molar-refractivity contribution in [3.05, 3.63) is 29.8 Å². The number of nitrogens with zero attached hydrogens (tertiary/aromatic N) is 1. The first kappa shape index (κ1) is 13.2. The van der Waals surface area contributed by atoms with E-state index < -0.39 is 0 Å². The number of carbonyl (C=O) groups is 1. The van der Waals surface area contributed by atoms with Crippen LogP contribution in [0.25, 0.3) is 0 Å². The Labute approximate surface area is 119 Å². The average molecular weight is 271 g/mol. The molecule has 0 saturated heterocycles. The van der Waals surface area contributed by atoms with E-state index in [-0.39, 0.29) is 17.4 Å². The zero-order valence-electron chi connectivity index (χ0n) is 11.9. The Morgan fingerprint density at radius 3 is 2.85 bits per heavy atom. The van der Waals surface area contributed by atoms with Gasteiger partial charge in [0.25, 0.3) is 0 Å². The van der Waals surface area contributed by atoms with E-state index in [0.29, 0.717) is 0 Å². The molecular weight excluding hydrogens is 250 g/mol. The Morgan fingerprint density at radius 1 is 1.40 bits per heavy atom. The van der Waals surface area contributed by atoms with Gasteiger partial charge < -0.3 is 10.7 Å². The lowest BCUT2D eigenvalue weighted by Gasteiger charge is -2.36. The summed E-state index contributed by atoms with van der Waals surface area (Å²) < 4.78 is 0. The van der Waals surface area contributed by atoms with E-state index >= 15 is 0 Å². The second-order valence-corrected chi connectivity index (χ2v) is 6.04. The van der Waals surface area contributed by atoms with E-state index in [1.165, 1.54) is 0 Å². The second-order valence-electron chi connectivity index (χ2n) is 6.04. The first-order valence-corrected chi connectivity index (χ1v) is 7.33. The predicted molar refractivity (Wildman–Crippen MR) is 80.7 cm³/mol. The molecule has 4 heteroatoms. The van der Waals surface area contributed by atoms with Crippen LogP contribution in [-0.2, 0) is 4.79 Å². The van der Waals surface area contributed by atoms with Crippen molar-refractivity contribution in [3.8, 4) is 0 Å². The van der Waals surface area contributed by atoms with Crippen molar-refractivity contribution in [2.45, 2.75) is 44.6 Å². The monoisotopic (exact) mass is 271 g/mol. The van der Waals surface area contributed by atoms with Crippen LogP contribution in [0, 0.1) is 12.8 Å². The van der Waals surface area contributed by atoms with Gasteiger partial charge in [0, 0.05) is 24.2 Å². The maximum atomic E-state index is 12.3. The molecule has 2 aliphatic rings. The van der Waals surface area contributed by atoms with E-state index in [9.17, 15) is 4.79 Å². The van der Waals surface area contributed by atoms with E-state index in [4.69, 9.17) is 0 Å². The molecule has 1 aromatic rings. The van der Waals surface area contributed by atoms with Gasteiger partial charge in [-0.1, -0.05) is 12.1 Å². The molecule has 1 aliphatic heterocycles. The highest BCUT2D eigenvalue weighted by atomic mass is 16.1. The van der Waals surface area contributed by atoms with E-state index in [1.54, 1.807) is 0 Å². The quantitative estimate of drug-likeness (QED) is 0.869. The number of benzene rings is 1. The summed E-state index contributed by atoms with van der Waals surface area (Å²) in [6.07, 6.45) is 6.88. The molecule has 0 radical (unpaired) electrons. The summed E-state index contributed by atoms with van der Waals surface area (Å²) in [7, 11) is 0. The summed E-state index contributed by atoms with van der Waals surface area (Å²) in [6.45, 7) is 2.03. The highest BCUT2D eigenvalue weighted by Gasteiger charge is 2.38. The molecule has 106 valence electrons. The Balaban J connectivity index is 1.56. The van der Waals surface area contributed by atoms with Crippen molar-refractivity contribution >= 4 is 17.8 Å². The smallest absolute Gasteiger partial charge is 0.227 e. The van der Waals surface area contributed by atoms with Gasteiger partial charge in [0.1, 0.15) is 0 Å². The molecule has 20 heavy (non-hydrogen) atoms. The number of aryl methyl sites for hydroxylation is 1. The van der Waals surface area contributed by atoms with Crippen LogP contribution in [-0.4, -0.2) is 17.7 Å². The van der Waals surface area contributed by atoms with E-state index in [0.717, 1.165) is 43.4 Å². The van der Waals surface area contributed by atoms with Crippen molar-refractivity contribution < 1.29 is 4.79 Å². The molecule has 1 aliphatic carbocycles. The molecule has 0 bridgehead atoms. The molecule has 1 aromatic carbocycles. The van der Waals surface area contributed by atoms with Crippen molar-refractivity contribution in [3.63, 3.8) is 0 Å². The minimum atomic E-state index is 0.128. The number of nitrogens with one attached hydrogen (secondary N) is 2. The van der Waals surface area contributed by atoms with Gasteiger partial charge in [0.05, 0.1) is 5.54 Å². The zero-order valence-corrected chi connectivity index (χ0v) is 11.9. The summed E-state index contributed by atoms with van der Waals surface area (Å²) in [5.41, 5.74) is 5.43. The average Bonchev–Trinajstić information content (AvgIpc) is 2.88. The number of amides is 1. The maximum Gasteiger partial charge on any atom is 0.227 e. The molecule has 0 aromatic heterocycles. The number of rotatable bonds is 2. The van der Waals surface area contributed by atoms with Crippen molar-refractivity contribution in [1.82, 2.24) is 5.43 Å². The standard InChI is InChI=1S/C16H21N3O/c1-12-3-2-4-14(11-12)18-15(20)13-5-7-16(8-6-13)9-10-17-19-16/h2-4,10-11,13,19H,5-9H2,1H3,(H,18,20).